The van der Waals surface area contributed by atoms with Crippen molar-refractivity contribution in [2.24, 2.45) is 5.92 Å². The normalized spacial score (nSPS) is 23.0. The maximum atomic E-state index is 13.8. The number of halogens is 2. The van der Waals surface area contributed by atoms with Crippen molar-refractivity contribution < 1.29 is 9.13 Å². The summed E-state index contributed by atoms with van der Waals surface area (Å²) in [5.74, 6) is 0.246. The molecular formula is C14H19ClFNO. The van der Waals surface area contributed by atoms with Gasteiger partial charge in [-0.25, -0.2) is 4.39 Å². The predicted molar refractivity (Wildman–Crippen MR) is 71.3 cm³/mol. The molecule has 0 aromatic heterocycles. The van der Waals surface area contributed by atoms with E-state index >= 15 is 0 Å². The summed E-state index contributed by atoms with van der Waals surface area (Å²) in [6.07, 6.45) is 1.06. The molecule has 0 aliphatic carbocycles. The first-order chi connectivity index (χ1) is 8.59. The van der Waals surface area contributed by atoms with E-state index in [9.17, 15) is 4.39 Å². The first-order valence-electron chi connectivity index (χ1n) is 6.37. The molecule has 0 radical (unpaired) electrons. The summed E-state index contributed by atoms with van der Waals surface area (Å²) >= 11 is 6.06. The summed E-state index contributed by atoms with van der Waals surface area (Å²) in [6.45, 7) is 5.67. The van der Waals surface area contributed by atoms with Gasteiger partial charge in [0.1, 0.15) is 5.82 Å². The van der Waals surface area contributed by atoms with Crippen LogP contribution in [0.25, 0.3) is 0 Å². The molecule has 4 heteroatoms. The average molecular weight is 272 g/mol. The van der Waals surface area contributed by atoms with Crippen LogP contribution in [0.5, 0.6) is 0 Å². The van der Waals surface area contributed by atoms with Gasteiger partial charge in [-0.2, -0.15) is 0 Å². The molecule has 1 fully saturated rings. The minimum absolute atomic E-state index is 0.103. The van der Waals surface area contributed by atoms with Gasteiger partial charge in [-0.3, -0.25) is 0 Å². The van der Waals surface area contributed by atoms with E-state index in [-0.39, 0.29) is 17.9 Å². The highest BCUT2D eigenvalue weighted by atomic mass is 35.5. The molecule has 2 nitrogen and oxygen atoms in total. The van der Waals surface area contributed by atoms with Crippen molar-refractivity contribution in [3.63, 3.8) is 0 Å². The van der Waals surface area contributed by atoms with E-state index in [0.717, 1.165) is 19.6 Å². The van der Waals surface area contributed by atoms with Gasteiger partial charge in [0.2, 0.25) is 0 Å². The first kappa shape index (κ1) is 13.8. The minimum atomic E-state index is -0.252. The number of benzene rings is 1. The van der Waals surface area contributed by atoms with Gasteiger partial charge >= 0.3 is 0 Å². The van der Waals surface area contributed by atoms with E-state index in [1.54, 1.807) is 12.1 Å². The molecule has 0 saturated carbocycles. The van der Waals surface area contributed by atoms with Crippen LogP contribution in [0, 0.1) is 11.7 Å². The summed E-state index contributed by atoms with van der Waals surface area (Å²) in [7, 11) is 0. The quantitative estimate of drug-likeness (QED) is 0.904. The summed E-state index contributed by atoms with van der Waals surface area (Å²) in [5, 5.41) is 3.89. The Morgan fingerprint density at radius 3 is 2.83 bits per heavy atom. The van der Waals surface area contributed by atoms with Crippen molar-refractivity contribution >= 4 is 11.6 Å². The number of ether oxygens (including phenoxy) is 1. The van der Waals surface area contributed by atoms with Crippen LogP contribution >= 0.6 is 11.6 Å². The molecule has 0 bridgehead atoms. The smallest absolute Gasteiger partial charge is 0.129 e. The van der Waals surface area contributed by atoms with Gasteiger partial charge < -0.3 is 10.1 Å². The summed E-state index contributed by atoms with van der Waals surface area (Å²) in [6, 6.07) is 4.99. The van der Waals surface area contributed by atoms with Gasteiger partial charge in [0.25, 0.3) is 0 Å². The second-order valence-corrected chi connectivity index (χ2v) is 5.34. The zero-order chi connectivity index (χ0) is 13.1. The Bertz CT molecular complexity index is 387. The molecule has 1 aliphatic heterocycles. The van der Waals surface area contributed by atoms with Gasteiger partial charge in [-0.05, 0) is 38.3 Å². The molecule has 1 aromatic rings. The highest BCUT2D eigenvalue weighted by Gasteiger charge is 2.25. The van der Waals surface area contributed by atoms with Crippen LogP contribution in [0.15, 0.2) is 18.2 Å². The van der Waals surface area contributed by atoms with Gasteiger partial charge in [0, 0.05) is 29.3 Å². The lowest BCUT2D eigenvalue weighted by atomic mass is 9.98. The molecule has 1 saturated heterocycles. The minimum Gasteiger partial charge on any atom is -0.381 e. The number of hydrogen-bond donors (Lipinski definition) is 1. The predicted octanol–water partition coefficient (Wildman–Crippen LogP) is 3.55. The van der Waals surface area contributed by atoms with Crippen molar-refractivity contribution in [1.82, 2.24) is 5.32 Å². The fourth-order valence-corrected chi connectivity index (χ4v) is 2.81. The van der Waals surface area contributed by atoms with E-state index in [1.165, 1.54) is 6.07 Å². The standard InChI is InChI=1S/C14H19ClFNO/c1-9(11-6-7-18-8-11)17-10(2)14-12(15)4-3-5-13(14)16/h3-5,9-11,17H,6-8H2,1-2H3. The lowest BCUT2D eigenvalue weighted by Gasteiger charge is -2.25. The molecule has 0 spiro atoms. The molecule has 100 valence electrons. The topological polar surface area (TPSA) is 21.3 Å². The lowest BCUT2D eigenvalue weighted by Crippen LogP contribution is -2.36. The number of nitrogens with one attached hydrogen (secondary N) is 1. The van der Waals surface area contributed by atoms with E-state index in [1.807, 2.05) is 6.92 Å². The third-order valence-electron chi connectivity index (χ3n) is 3.62. The molecule has 3 atom stereocenters. The van der Waals surface area contributed by atoms with Gasteiger partial charge in [0.05, 0.1) is 6.61 Å². The van der Waals surface area contributed by atoms with Crippen LogP contribution in [0.4, 0.5) is 4.39 Å². The molecule has 1 aromatic carbocycles. The molecule has 1 heterocycles. The van der Waals surface area contributed by atoms with Crippen LogP contribution in [0.1, 0.15) is 31.9 Å². The third-order valence-corrected chi connectivity index (χ3v) is 3.95. The molecule has 0 amide bonds. The van der Waals surface area contributed by atoms with Gasteiger partial charge in [-0.1, -0.05) is 17.7 Å². The summed E-state index contributed by atoms with van der Waals surface area (Å²) in [5.41, 5.74) is 0.546. The second-order valence-electron chi connectivity index (χ2n) is 4.94. The molecule has 2 rings (SSSR count). The Morgan fingerprint density at radius 1 is 1.44 bits per heavy atom. The van der Waals surface area contributed by atoms with E-state index in [4.69, 9.17) is 16.3 Å². The average Bonchev–Trinajstić information content (AvgIpc) is 2.81. The Labute approximate surface area is 112 Å². The van der Waals surface area contributed by atoms with Crippen molar-refractivity contribution in [1.29, 1.82) is 0 Å². The maximum Gasteiger partial charge on any atom is 0.129 e. The van der Waals surface area contributed by atoms with E-state index < -0.39 is 0 Å². The lowest BCUT2D eigenvalue weighted by molar-refractivity contribution is 0.177. The molecule has 1 N–H and O–H groups in total. The van der Waals surface area contributed by atoms with Crippen molar-refractivity contribution in [2.75, 3.05) is 13.2 Å². The van der Waals surface area contributed by atoms with Crippen molar-refractivity contribution in [2.45, 2.75) is 32.4 Å². The largest absolute Gasteiger partial charge is 0.381 e. The molecule has 3 unspecified atom stereocenters. The number of rotatable bonds is 4. The zero-order valence-electron chi connectivity index (χ0n) is 10.7. The van der Waals surface area contributed by atoms with Crippen molar-refractivity contribution in [3.05, 3.63) is 34.6 Å². The van der Waals surface area contributed by atoms with Crippen molar-refractivity contribution in [3.8, 4) is 0 Å². The monoisotopic (exact) mass is 271 g/mol. The third kappa shape index (κ3) is 3.02. The Balaban J connectivity index is 2.04. The van der Waals surface area contributed by atoms with Crippen LogP contribution in [-0.4, -0.2) is 19.3 Å². The van der Waals surface area contributed by atoms with Crippen LogP contribution in [-0.2, 0) is 4.74 Å². The Hall–Kier alpha value is -0.640. The Morgan fingerprint density at radius 2 is 2.22 bits per heavy atom. The first-order valence-corrected chi connectivity index (χ1v) is 6.75. The second kappa shape index (κ2) is 6.00. The van der Waals surface area contributed by atoms with Crippen LogP contribution in [0.3, 0.4) is 0 Å². The van der Waals surface area contributed by atoms with Crippen LogP contribution in [0.2, 0.25) is 5.02 Å². The fraction of sp³-hybridized carbons (Fsp3) is 0.571. The molecular weight excluding hydrogens is 253 g/mol. The maximum absolute atomic E-state index is 13.8. The van der Waals surface area contributed by atoms with E-state index in [0.29, 0.717) is 16.5 Å². The highest BCUT2D eigenvalue weighted by molar-refractivity contribution is 6.31. The van der Waals surface area contributed by atoms with Gasteiger partial charge in [0.15, 0.2) is 0 Å². The summed E-state index contributed by atoms with van der Waals surface area (Å²) < 4.78 is 19.2. The van der Waals surface area contributed by atoms with Crippen LogP contribution < -0.4 is 5.32 Å². The fourth-order valence-electron chi connectivity index (χ4n) is 2.49. The van der Waals surface area contributed by atoms with Gasteiger partial charge in [-0.15, -0.1) is 0 Å². The zero-order valence-corrected chi connectivity index (χ0v) is 11.5. The SMILES string of the molecule is CC(NC(C)C1CCOC1)c1c(F)cccc1Cl. The molecule has 18 heavy (non-hydrogen) atoms. The number of hydrogen-bond acceptors (Lipinski definition) is 2. The molecule has 1 aliphatic rings. The van der Waals surface area contributed by atoms with E-state index in [2.05, 4.69) is 12.2 Å². The Kier molecular flexibility index (Phi) is 4.60. The highest BCUT2D eigenvalue weighted by Crippen LogP contribution is 2.27. The summed E-state index contributed by atoms with van der Waals surface area (Å²) in [4.78, 5) is 0.